The molecule has 3 atom stereocenters. The lowest BCUT2D eigenvalue weighted by Gasteiger charge is -2.30. The number of fused-ring (bicyclic) bond motifs is 3. The van der Waals surface area contributed by atoms with Crippen molar-refractivity contribution in [3.63, 3.8) is 0 Å². The molecule has 0 radical (unpaired) electrons. The van der Waals surface area contributed by atoms with Crippen LogP contribution in [0.4, 0.5) is 4.79 Å². The van der Waals surface area contributed by atoms with Crippen LogP contribution in [0, 0.1) is 5.92 Å². The lowest BCUT2D eigenvalue weighted by Crippen LogP contribution is -2.53. The molecule has 0 spiro atoms. The minimum atomic E-state index is -0.891. The van der Waals surface area contributed by atoms with Gasteiger partial charge in [-0.2, -0.15) is 0 Å². The number of ether oxygens (including phenoxy) is 1. The van der Waals surface area contributed by atoms with Crippen LogP contribution in [0.25, 0.3) is 11.1 Å². The summed E-state index contributed by atoms with van der Waals surface area (Å²) in [6.45, 7) is 1.96. The van der Waals surface area contributed by atoms with Gasteiger partial charge in [0.15, 0.2) is 0 Å². The second kappa shape index (κ2) is 10.1. The zero-order valence-electron chi connectivity index (χ0n) is 18.8. The number of nitrogens with one attached hydrogen (secondary N) is 2. The van der Waals surface area contributed by atoms with E-state index in [1.807, 2.05) is 36.4 Å². The van der Waals surface area contributed by atoms with E-state index < -0.39 is 30.1 Å². The van der Waals surface area contributed by atoms with Crippen molar-refractivity contribution in [3.8, 4) is 11.1 Å². The van der Waals surface area contributed by atoms with E-state index in [1.165, 1.54) is 0 Å². The van der Waals surface area contributed by atoms with E-state index in [0.717, 1.165) is 35.1 Å². The largest absolute Gasteiger partial charge is 0.481 e. The van der Waals surface area contributed by atoms with E-state index in [1.54, 1.807) is 6.92 Å². The Balaban J connectivity index is 1.36. The molecule has 3 N–H and O–H groups in total. The van der Waals surface area contributed by atoms with Crippen molar-refractivity contribution in [3.05, 3.63) is 59.7 Å². The number of alkyl carbamates (subject to hydrolysis) is 1. The predicted molar refractivity (Wildman–Crippen MR) is 124 cm³/mol. The molecule has 2 amide bonds. The normalized spacial score (nSPS) is 20.3. The third-order valence-corrected chi connectivity index (χ3v) is 6.77. The van der Waals surface area contributed by atoms with Gasteiger partial charge in [0, 0.05) is 12.0 Å². The first-order chi connectivity index (χ1) is 16.0. The van der Waals surface area contributed by atoms with Crippen molar-refractivity contribution in [1.82, 2.24) is 10.6 Å². The summed E-state index contributed by atoms with van der Waals surface area (Å²) in [5.41, 5.74) is 4.53. The molecule has 2 unspecified atom stereocenters. The Labute approximate surface area is 193 Å². The van der Waals surface area contributed by atoms with Crippen molar-refractivity contribution in [2.45, 2.75) is 57.0 Å². The fourth-order valence-electron chi connectivity index (χ4n) is 5.02. The zero-order valence-corrected chi connectivity index (χ0v) is 18.8. The molecule has 0 saturated heterocycles. The van der Waals surface area contributed by atoms with Crippen LogP contribution in [0.1, 0.15) is 56.1 Å². The molecule has 2 aliphatic rings. The molecule has 1 fully saturated rings. The maximum Gasteiger partial charge on any atom is 0.407 e. The van der Waals surface area contributed by atoms with Gasteiger partial charge < -0.3 is 20.5 Å². The monoisotopic (exact) mass is 450 g/mol. The fraction of sp³-hybridized carbons (Fsp3) is 0.423. The van der Waals surface area contributed by atoms with E-state index in [-0.39, 0.29) is 18.4 Å². The highest BCUT2D eigenvalue weighted by Crippen LogP contribution is 2.44. The minimum Gasteiger partial charge on any atom is -0.481 e. The summed E-state index contributed by atoms with van der Waals surface area (Å²) >= 11 is 0. The van der Waals surface area contributed by atoms with Gasteiger partial charge in [-0.05, 0) is 41.5 Å². The molecule has 0 bridgehead atoms. The van der Waals surface area contributed by atoms with Gasteiger partial charge in [0.1, 0.15) is 12.6 Å². The number of carbonyl (C=O) groups is 3. The molecule has 33 heavy (non-hydrogen) atoms. The Morgan fingerprint density at radius 3 is 2.21 bits per heavy atom. The molecule has 0 heterocycles. The number of hydrogen-bond donors (Lipinski definition) is 3. The highest BCUT2D eigenvalue weighted by atomic mass is 16.5. The molecule has 2 aromatic carbocycles. The maximum atomic E-state index is 12.8. The van der Waals surface area contributed by atoms with Gasteiger partial charge in [-0.3, -0.25) is 9.59 Å². The summed E-state index contributed by atoms with van der Waals surface area (Å²) in [6, 6.07) is 15.0. The van der Waals surface area contributed by atoms with Crippen molar-refractivity contribution < 1.29 is 24.2 Å². The molecule has 0 aromatic heterocycles. The number of benzene rings is 2. The van der Waals surface area contributed by atoms with Crippen LogP contribution >= 0.6 is 0 Å². The van der Waals surface area contributed by atoms with Crippen LogP contribution in [-0.4, -0.2) is 41.8 Å². The summed E-state index contributed by atoms with van der Waals surface area (Å²) in [7, 11) is 0. The smallest absolute Gasteiger partial charge is 0.407 e. The van der Waals surface area contributed by atoms with Crippen LogP contribution in [-0.2, 0) is 14.3 Å². The second-order valence-electron chi connectivity index (χ2n) is 8.77. The maximum absolute atomic E-state index is 12.8. The SMILES string of the molecule is CC[C@@H](NC(=O)OCC1c2ccccc2-c2ccccc21)C(=O)NC1CCCCC1C(=O)O. The fourth-order valence-corrected chi connectivity index (χ4v) is 5.02. The average Bonchev–Trinajstić information content (AvgIpc) is 3.15. The predicted octanol–water partition coefficient (Wildman–Crippen LogP) is 4.06. The number of carboxylic acid groups (broad SMARTS) is 1. The summed E-state index contributed by atoms with van der Waals surface area (Å²) in [6.07, 6.45) is 2.63. The number of aliphatic carboxylic acids is 1. The van der Waals surface area contributed by atoms with E-state index in [4.69, 9.17) is 4.74 Å². The van der Waals surface area contributed by atoms with Crippen molar-refractivity contribution in [1.29, 1.82) is 0 Å². The van der Waals surface area contributed by atoms with Gasteiger partial charge in [0.25, 0.3) is 0 Å². The Morgan fingerprint density at radius 2 is 1.61 bits per heavy atom. The Hall–Kier alpha value is -3.35. The first kappa shape index (κ1) is 22.8. The summed E-state index contributed by atoms with van der Waals surface area (Å²) in [5.74, 6) is -1.91. The number of rotatable bonds is 7. The molecular weight excluding hydrogens is 420 g/mol. The van der Waals surface area contributed by atoms with Crippen LogP contribution in [0.5, 0.6) is 0 Å². The highest BCUT2D eigenvalue weighted by molar-refractivity contribution is 5.86. The standard InChI is InChI=1S/C26H30N2O5/c1-2-22(24(29)27-23-14-8-7-13-20(23)25(30)31)28-26(32)33-15-21-18-11-5-3-9-16(18)17-10-4-6-12-19(17)21/h3-6,9-12,20-23H,2,7-8,13-15H2,1H3,(H,27,29)(H,28,32)(H,30,31)/t20?,22-,23?/m1/s1. The first-order valence-corrected chi connectivity index (χ1v) is 11.6. The number of hydrogen-bond acceptors (Lipinski definition) is 4. The van der Waals surface area contributed by atoms with E-state index in [2.05, 4.69) is 22.8 Å². The molecule has 7 heteroatoms. The van der Waals surface area contributed by atoms with Gasteiger partial charge in [0.2, 0.25) is 5.91 Å². The van der Waals surface area contributed by atoms with Gasteiger partial charge in [-0.25, -0.2) is 4.79 Å². The van der Waals surface area contributed by atoms with Gasteiger partial charge >= 0.3 is 12.1 Å². The van der Waals surface area contributed by atoms with E-state index in [0.29, 0.717) is 19.3 Å². The van der Waals surface area contributed by atoms with Crippen LogP contribution in [0.3, 0.4) is 0 Å². The topological polar surface area (TPSA) is 105 Å². The van der Waals surface area contributed by atoms with Gasteiger partial charge in [0.05, 0.1) is 5.92 Å². The van der Waals surface area contributed by atoms with Crippen molar-refractivity contribution >= 4 is 18.0 Å². The molecule has 4 rings (SSSR count). The van der Waals surface area contributed by atoms with Gasteiger partial charge in [-0.1, -0.05) is 68.3 Å². The second-order valence-corrected chi connectivity index (χ2v) is 8.77. The lowest BCUT2D eigenvalue weighted by molar-refractivity contribution is -0.144. The van der Waals surface area contributed by atoms with Crippen LogP contribution in [0.15, 0.2) is 48.5 Å². The molecular formula is C26H30N2O5. The first-order valence-electron chi connectivity index (χ1n) is 11.6. The van der Waals surface area contributed by atoms with Crippen LogP contribution < -0.4 is 10.6 Å². The molecule has 174 valence electrons. The lowest BCUT2D eigenvalue weighted by atomic mass is 9.84. The zero-order chi connectivity index (χ0) is 23.4. The summed E-state index contributed by atoms with van der Waals surface area (Å²) < 4.78 is 5.55. The minimum absolute atomic E-state index is 0.0596. The molecule has 0 aliphatic heterocycles. The average molecular weight is 451 g/mol. The number of carbonyl (C=O) groups excluding carboxylic acids is 2. The third-order valence-electron chi connectivity index (χ3n) is 6.77. The van der Waals surface area contributed by atoms with Gasteiger partial charge in [-0.15, -0.1) is 0 Å². The molecule has 2 aromatic rings. The Kier molecular flexibility index (Phi) is 6.96. The number of carboxylic acids is 1. The van der Waals surface area contributed by atoms with Crippen molar-refractivity contribution in [2.75, 3.05) is 6.61 Å². The third kappa shape index (κ3) is 4.87. The summed E-state index contributed by atoms with van der Waals surface area (Å²) in [5, 5.41) is 14.9. The Bertz CT molecular complexity index is 991. The van der Waals surface area contributed by atoms with Crippen molar-refractivity contribution in [2.24, 2.45) is 5.92 Å². The summed E-state index contributed by atoms with van der Waals surface area (Å²) in [4.78, 5) is 36.8. The number of amides is 2. The molecule has 7 nitrogen and oxygen atoms in total. The molecule has 2 aliphatic carbocycles. The Morgan fingerprint density at radius 1 is 1.00 bits per heavy atom. The van der Waals surface area contributed by atoms with Crippen LogP contribution in [0.2, 0.25) is 0 Å². The highest BCUT2D eigenvalue weighted by Gasteiger charge is 2.34. The quantitative estimate of drug-likeness (QED) is 0.590. The van der Waals surface area contributed by atoms with E-state index in [9.17, 15) is 19.5 Å². The van der Waals surface area contributed by atoms with E-state index >= 15 is 0 Å². The molecule has 1 saturated carbocycles.